The summed E-state index contributed by atoms with van der Waals surface area (Å²) in [5, 5.41) is 13.3. The van der Waals surface area contributed by atoms with E-state index in [-0.39, 0.29) is 17.4 Å². The molecule has 7 heteroatoms. The third kappa shape index (κ3) is 4.93. The van der Waals surface area contributed by atoms with Gasteiger partial charge in [-0.15, -0.1) is 0 Å². The Bertz CT molecular complexity index is 1310. The number of benzene rings is 3. The van der Waals surface area contributed by atoms with Gasteiger partial charge in [0.05, 0.1) is 24.8 Å². The first-order valence-electron chi connectivity index (χ1n) is 12.0. The van der Waals surface area contributed by atoms with Crippen LogP contribution < -0.4 is 9.47 Å². The zero-order chi connectivity index (χ0) is 25.8. The number of likely N-dealkylation sites (tertiary alicyclic amines) is 1. The Labute approximate surface area is 210 Å². The number of methoxy groups -OCH3 is 2. The number of Topliss-reactive ketones (excluding diaryl/α,β-unsaturated/α-hetero) is 1. The van der Waals surface area contributed by atoms with Crippen molar-refractivity contribution >= 4 is 28.2 Å². The number of fused-ring (bicyclic) bond motifs is 1. The molecule has 1 saturated heterocycles. The van der Waals surface area contributed by atoms with Gasteiger partial charge in [0.25, 0.3) is 11.7 Å². The van der Waals surface area contributed by atoms with Crippen LogP contribution in [-0.2, 0) is 14.3 Å². The van der Waals surface area contributed by atoms with Gasteiger partial charge in [0.1, 0.15) is 5.76 Å². The van der Waals surface area contributed by atoms with Gasteiger partial charge in [-0.1, -0.05) is 42.5 Å². The van der Waals surface area contributed by atoms with Gasteiger partial charge in [-0.25, -0.2) is 0 Å². The van der Waals surface area contributed by atoms with E-state index in [0.29, 0.717) is 42.2 Å². The molecular weight excluding hydrogens is 458 g/mol. The summed E-state index contributed by atoms with van der Waals surface area (Å²) in [6.45, 7) is 4.57. The van der Waals surface area contributed by atoms with E-state index in [9.17, 15) is 14.7 Å². The number of hydrogen-bond acceptors (Lipinski definition) is 6. The Morgan fingerprint density at radius 2 is 1.72 bits per heavy atom. The fraction of sp³-hybridized carbons (Fsp3) is 0.310. The second kappa shape index (κ2) is 10.8. The van der Waals surface area contributed by atoms with E-state index in [1.54, 1.807) is 31.4 Å². The molecule has 0 aromatic heterocycles. The summed E-state index contributed by atoms with van der Waals surface area (Å²) in [6.07, 6.45) is 0.485. The Morgan fingerprint density at radius 3 is 2.42 bits per heavy atom. The van der Waals surface area contributed by atoms with Gasteiger partial charge in [0.15, 0.2) is 11.5 Å². The summed E-state index contributed by atoms with van der Waals surface area (Å²) in [5.41, 5.74) is 1.16. The summed E-state index contributed by atoms with van der Waals surface area (Å²) in [7, 11) is 3.13. The van der Waals surface area contributed by atoms with Gasteiger partial charge < -0.3 is 24.2 Å². The molecule has 7 nitrogen and oxygen atoms in total. The van der Waals surface area contributed by atoms with E-state index in [1.807, 2.05) is 50.2 Å². The van der Waals surface area contributed by atoms with E-state index in [1.165, 1.54) is 12.0 Å². The minimum Gasteiger partial charge on any atom is -0.507 e. The Kier molecular flexibility index (Phi) is 7.60. The lowest BCUT2D eigenvalue weighted by atomic mass is 9.94. The van der Waals surface area contributed by atoms with E-state index >= 15 is 0 Å². The van der Waals surface area contributed by atoms with Crippen molar-refractivity contribution in [2.75, 3.05) is 27.4 Å². The highest BCUT2D eigenvalue weighted by Gasteiger charge is 2.46. The standard InChI is InChI=1S/C29H31NO6/c1-18(2)36-23-13-12-21(17-24(23)35-4)26-25(28(32)29(33)30(26)14-7-15-34-3)27(31)22-11-10-19-8-5-6-9-20(19)16-22/h5-6,8-13,16-18,26,31H,7,14-15H2,1-4H3/b27-25+. The SMILES string of the molecule is COCCCN1C(=O)C(=O)/C(=C(/O)c2ccc3ccccc3c2)C1c1ccc(OC(C)C)c(OC)c1. The quantitative estimate of drug-likeness (QED) is 0.195. The maximum absolute atomic E-state index is 13.3. The first kappa shape index (κ1) is 25.3. The number of ether oxygens (including phenoxy) is 3. The van der Waals surface area contributed by atoms with Gasteiger partial charge in [-0.05, 0) is 54.8 Å². The molecule has 3 aromatic carbocycles. The molecule has 1 aliphatic rings. The van der Waals surface area contributed by atoms with Crippen LogP contribution in [0.2, 0.25) is 0 Å². The number of carbonyl (C=O) groups is 2. The fourth-order valence-corrected chi connectivity index (χ4v) is 4.53. The zero-order valence-electron chi connectivity index (χ0n) is 21.0. The molecule has 1 aliphatic heterocycles. The number of aliphatic hydroxyl groups is 1. The number of aliphatic hydroxyl groups excluding tert-OH is 1. The van der Waals surface area contributed by atoms with Gasteiger partial charge in [0.2, 0.25) is 0 Å². The van der Waals surface area contributed by atoms with Gasteiger partial charge in [-0.2, -0.15) is 0 Å². The minimum absolute atomic E-state index is 0.0484. The third-order valence-electron chi connectivity index (χ3n) is 6.18. The fourth-order valence-electron chi connectivity index (χ4n) is 4.53. The van der Waals surface area contributed by atoms with E-state index < -0.39 is 17.7 Å². The maximum atomic E-state index is 13.3. The molecule has 0 aliphatic carbocycles. The maximum Gasteiger partial charge on any atom is 0.295 e. The largest absolute Gasteiger partial charge is 0.507 e. The number of amides is 1. The summed E-state index contributed by atoms with van der Waals surface area (Å²) in [6, 6.07) is 17.8. The van der Waals surface area contributed by atoms with Crippen molar-refractivity contribution in [3.63, 3.8) is 0 Å². The van der Waals surface area contributed by atoms with Crippen molar-refractivity contribution in [2.45, 2.75) is 32.4 Å². The smallest absolute Gasteiger partial charge is 0.295 e. The van der Waals surface area contributed by atoms with E-state index in [4.69, 9.17) is 14.2 Å². The number of nitrogens with zero attached hydrogens (tertiary/aromatic N) is 1. The molecule has 1 fully saturated rings. The predicted molar refractivity (Wildman–Crippen MR) is 138 cm³/mol. The van der Waals surface area contributed by atoms with E-state index in [2.05, 4.69) is 0 Å². The van der Waals surface area contributed by atoms with Crippen LogP contribution >= 0.6 is 0 Å². The lowest BCUT2D eigenvalue weighted by Gasteiger charge is -2.26. The molecule has 1 heterocycles. The number of rotatable bonds is 9. The molecular formula is C29H31NO6. The van der Waals surface area contributed by atoms with Crippen LogP contribution in [-0.4, -0.2) is 55.2 Å². The van der Waals surface area contributed by atoms with Crippen molar-refractivity contribution in [3.05, 3.63) is 77.4 Å². The molecule has 36 heavy (non-hydrogen) atoms. The molecule has 1 atom stereocenters. The van der Waals surface area contributed by atoms with Gasteiger partial charge in [0, 0.05) is 25.8 Å². The lowest BCUT2D eigenvalue weighted by Crippen LogP contribution is -2.31. The summed E-state index contributed by atoms with van der Waals surface area (Å²) >= 11 is 0. The third-order valence-corrected chi connectivity index (χ3v) is 6.18. The first-order chi connectivity index (χ1) is 17.3. The zero-order valence-corrected chi connectivity index (χ0v) is 21.0. The minimum atomic E-state index is -0.782. The number of ketones is 1. The molecule has 1 N–H and O–H groups in total. The number of carbonyl (C=O) groups excluding carboxylic acids is 2. The molecule has 3 aromatic rings. The average Bonchev–Trinajstić information content (AvgIpc) is 3.13. The van der Waals surface area contributed by atoms with Crippen LogP contribution in [0.15, 0.2) is 66.2 Å². The highest BCUT2D eigenvalue weighted by Crippen LogP contribution is 2.42. The summed E-state index contributed by atoms with van der Waals surface area (Å²) in [5.74, 6) is -0.541. The number of hydrogen-bond donors (Lipinski definition) is 1. The van der Waals surface area contributed by atoms with Gasteiger partial charge in [-0.3, -0.25) is 9.59 Å². The normalized spacial score (nSPS) is 17.2. The second-order valence-electron chi connectivity index (χ2n) is 8.98. The molecule has 0 spiro atoms. The monoisotopic (exact) mass is 489 g/mol. The van der Waals surface area contributed by atoms with E-state index in [0.717, 1.165) is 10.8 Å². The summed E-state index contributed by atoms with van der Waals surface area (Å²) in [4.78, 5) is 27.9. The first-order valence-corrected chi connectivity index (χ1v) is 12.0. The second-order valence-corrected chi connectivity index (χ2v) is 8.98. The van der Waals surface area contributed by atoms with Crippen molar-refractivity contribution in [1.29, 1.82) is 0 Å². The van der Waals surface area contributed by atoms with Crippen LogP contribution in [0.5, 0.6) is 11.5 Å². The molecule has 0 bridgehead atoms. The summed E-state index contributed by atoms with van der Waals surface area (Å²) < 4.78 is 16.5. The lowest BCUT2D eigenvalue weighted by molar-refractivity contribution is -0.140. The Hall–Kier alpha value is -3.84. The highest BCUT2D eigenvalue weighted by molar-refractivity contribution is 6.46. The van der Waals surface area contributed by atoms with Crippen molar-refractivity contribution in [2.24, 2.45) is 0 Å². The molecule has 0 saturated carbocycles. The molecule has 188 valence electrons. The van der Waals surface area contributed by atoms with Crippen LogP contribution in [0.4, 0.5) is 0 Å². The van der Waals surface area contributed by atoms with Crippen molar-refractivity contribution < 1.29 is 28.9 Å². The molecule has 1 amide bonds. The highest BCUT2D eigenvalue weighted by atomic mass is 16.5. The molecule has 4 rings (SSSR count). The van der Waals surface area contributed by atoms with Crippen molar-refractivity contribution in [3.8, 4) is 11.5 Å². The van der Waals surface area contributed by atoms with Crippen LogP contribution in [0.3, 0.4) is 0 Å². The van der Waals surface area contributed by atoms with Crippen molar-refractivity contribution in [1.82, 2.24) is 4.90 Å². The van der Waals surface area contributed by atoms with Crippen LogP contribution in [0.1, 0.15) is 37.4 Å². The molecule has 1 unspecified atom stereocenters. The van der Waals surface area contributed by atoms with Gasteiger partial charge >= 0.3 is 0 Å². The molecule has 0 radical (unpaired) electrons. The average molecular weight is 490 g/mol. The Balaban J connectivity index is 1.85. The van der Waals surface area contributed by atoms with Crippen LogP contribution in [0.25, 0.3) is 16.5 Å². The predicted octanol–water partition coefficient (Wildman–Crippen LogP) is 5.09. The topological polar surface area (TPSA) is 85.3 Å². The van der Waals surface area contributed by atoms with Crippen LogP contribution in [0, 0.1) is 0 Å². The Morgan fingerprint density at radius 1 is 0.972 bits per heavy atom.